The fourth-order valence-electron chi connectivity index (χ4n) is 1.54. The lowest BCUT2D eigenvalue weighted by Gasteiger charge is -2.28. The molecule has 0 radical (unpaired) electrons. The number of methoxy groups -OCH3 is 1. The molecule has 1 aliphatic heterocycles. The summed E-state index contributed by atoms with van der Waals surface area (Å²) in [6.07, 6.45) is 0.499. The molecule has 1 aliphatic rings. The van der Waals surface area contributed by atoms with E-state index in [9.17, 15) is 5.11 Å². The number of nitrogens with zero attached hydrogens (tertiary/aromatic N) is 1. The van der Waals surface area contributed by atoms with Crippen molar-refractivity contribution in [3.63, 3.8) is 0 Å². The predicted molar refractivity (Wildman–Crippen MR) is 51.8 cm³/mol. The molecule has 0 amide bonds. The summed E-state index contributed by atoms with van der Waals surface area (Å²) in [4.78, 5) is 2.29. The molecule has 1 rings (SSSR count). The number of β-amino-alcohol motifs (C(OH)–C–C–N with tert-alkyl or cyclic N) is 1. The number of aliphatic hydroxyl groups excluding tert-OH is 1. The molecule has 1 heterocycles. The molecular weight excluding hydrogens is 168 g/mol. The van der Waals surface area contributed by atoms with Gasteiger partial charge in [0.15, 0.2) is 0 Å². The minimum Gasteiger partial charge on any atom is -0.392 e. The third-order valence-corrected chi connectivity index (χ3v) is 2.33. The van der Waals surface area contributed by atoms with Gasteiger partial charge in [0.2, 0.25) is 0 Å². The smallest absolute Gasteiger partial charge is 0.0689 e. The maximum Gasteiger partial charge on any atom is 0.0689 e. The van der Waals surface area contributed by atoms with E-state index in [0.717, 1.165) is 39.1 Å². The molecule has 78 valence electrons. The van der Waals surface area contributed by atoms with E-state index in [0.29, 0.717) is 6.61 Å². The van der Waals surface area contributed by atoms with Crippen molar-refractivity contribution in [1.82, 2.24) is 10.2 Å². The summed E-state index contributed by atoms with van der Waals surface area (Å²) in [6, 6.07) is 0. The van der Waals surface area contributed by atoms with Crippen LogP contribution in [0.1, 0.15) is 6.42 Å². The van der Waals surface area contributed by atoms with Crippen molar-refractivity contribution in [2.45, 2.75) is 12.5 Å². The van der Waals surface area contributed by atoms with Crippen LogP contribution in [0.4, 0.5) is 0 Å². The average molecular weight is 188 g/mol. The molecule has 0 saturated carbocycles. The van der Waals surface area contributed by atoms with E-state index < -0.39 is 0 Å². The van der Waals surface area contributed by atoms with Crippen LogP contribution in [0, 0.1) is 0 Å². The summed E-state index contributed by atoms with van der Waals surface area (Å²) in [6.45, 7) is 5.60. The van der Waals surface area contributed by atoms with Gasteiger partial charge in [0, 0.05) is 46.4 Å². The molecule has 4 nitrogen and oxygen atoms in total. The SMILES string of the molecule is COCCC(O)CN1CCNCC1. The Hall–Kier alpha value is -0.160. The molecule has 0 bridgehead atoms. The van der Waals surface area contributed by atoms with Crippen LogP contribution in [0.5, 0.6) is 0 Å². The van der Waals surface area contributed by atoms with E-state index in [1.165, 1.54) is 0 Å². The number of rotatable bonds is 5. The van der Waals surface area contributed by atoms with Crippen molar-refractivity contribution in [3.05, 3.63) is 0 Å². The van der Waals surface area contributed by atoms with Crippen LogP contribution in [-0.2, 0) is 4.74 Å². The van der Waals surface area contributed by atoms with E-state index in [1.54, 1.807) is 7.11 Å². The van der Waals surface area contributed by atoms with Crippen molar-refractivity contribution >= 4 is 0 Å². The Bertz CT molecular complexity index is 127. The summed E-state index contributed by atoms with van der Waals surface area (Å²) >= 11 is 0. The van der Waals surface area contributed by atoms with Gasteiger partial charge in [0.25, 0.3) is 0 Å². The average Bonchev–Trinajstić information content (AvgIpc) is 2.16. The summed E-state index contributed by atoms with van der Waals surface area (Å²) < 4.78 is 4.91. The number of ether oxygens (including phenoxy) is 1. The zero-order valence-corrected chi connectivity index (χ0v) is 8.33. The van der Waals surface area contributed by atoms with Gasteiger partial charge < -0.3 is 15.2 Å². The maximum atomic E-state index is 9.59. The predicted octanol–water partition coefficient (Wildman–Crippen LogP) is -0.711. The van der Waals surface area contributed by atoms with Crippen LogP contribution in [0.15, 0.2) is 0 Å². The summed E-state index contributed by atoms with van der Waals surface area (Å²) in [5.41, 5.74) is 0. The highest BCUT2D eigenvalue weighted by molar-refractivity contribution is 4.70. The van der Waals surface area contributed by atoms with Crippen LogP contribution in [0.25, 0.3) is 0 Å². The molecule has 1 unspecified atom stereocenters. The van der Waals surface area contributed by atoms with E-state index in [4.69, 9.17) is 4.74 Å². The van der Waals surface area contributed by atoms with Crippen molar-refractivity contribution in [2.75, 3.05) is 46.4 Å². The molecule has 1 fully saturated rings. The molecule has 0 aromatic rings. The molecule has 0 aromatic heterocycles. The number of piperazine rings is 1. The van der Waals surface area contributed by atoms with Gasteiger partial charge in [-0.1, -0.05) is 0 Å². The Balaban J connectivity index is 2.07. The van der Waals surface area contributed by atoms with Crippen LogP contribution in [-0.4, -0.2) is 62.6 Å². The van der Waals surface area contributed by atoms with Crippen molar-refractivity contribution in [3.8, 4) is 0 Å². The van der Waals surface area contributed by atoms with Crippen LogP contribution < -0.4 is 5.32 Å². The van der Waals surface area contributed by atoms with E-state index in [2.05, 4.69) is 10.2 Å². The Labute approximate surface area is 79.9 Å². The lowest BCUT2D eigenvalue weighted by atomic mass is 10.2. The van der Waals surface area contributed by atoms with E-state index in [-0.39, 0.29) is 6.10 Å². The first-order valence-electron chi connectivity index (χ1n) is 4.93. The number of nitrogens with one attached hydrogen (secondary N) is 1. The molecule has 0 aromatic carbocycles. The zero-order chi connectivity index (χ0) is 9.52. The Morgan fingerprint density at radius 1 is 1.46 bits per heavy atom. The number of hydrogen-bond acceptors (Lipinski definition) is 4. The zero-order valence-electron chi connectivity index (χ0n) is 8.33. The quantitative estimate of drug-likeness (QED) is 0.598. The molecule has 0 aliphatic carbocycles. The van der Waals surface area contributed by atoms with Gasteiger partial charge in [-0.25, -0.2) is 0 Å². The number of hydrogen-bond donors (Lipinski definition) is 2. The first-order chi connectivity index (χ1) is 6.33. The first-order valence-corrected chi connectivity index (χ1v) is 4.93. The maximum absolute atomic E-state index is 9.59. The lowest BCUT2D eigenvalue weighted by molar-refractivity contribution is 0.0716. The van der Waals surface area contributed by atoms with Gasteiger partial charge >= 0.3 is 0 Å². The van der Waals surface area contributed by atoms with Crippen molar-refractivity contribution in [1.29, 1.82) is 0 Å². The first kappa shape index (κ1) is 10.9. The second kappa shape index (κ2) is 6.32. The van der Waals surface area contributed by atoms with Gasteiger partial charge in [-0.05, 0) is 6.42 Å². The molecule has 13 heavy (non-hydrogen) atoms. The number of aliphatic hydroxyl groups is 1. The molecule has 2 N–H and O–H groups in total. The molecular formula is C9H20N2O2. The highest BCUT2D eigenvalue weighted by Gasteiger charge is 2.13. The van der Waals surface area contributed by atoms with E-state index in [1.807, 2.05) is 0 Å². The molecule has 4 heteroatoms. The fourth-order valence-corrected chi connectivity index (χ4v) is 1.54. The second-order valence-electron chi connectivity index (χ2n) is 3.49. The summed E-state index contributed by atoms with van der Waals surface area (Å²) in [5.74, 6) is 0. The van der Waals surface area contributed by atoms with Crippen molar-refractivity contribution < 1.29 is 9.84 Å². The topological polar surface area (TPSA) is 44.7 Å². The monoisotopic (exact) mass is 188 g/mol. The van der Waals surface area contributed by atoms with Gasteiger partial charge in [-0.3, -0.25) is 4.90 Å². The molecule has 1 saturated heterocycles. The Kier molecular flexibility index (Phi) is 5.31. The minimum absolute atomic E-state index is 0.238. The third-order valence-electron chi connectivity index (χ3n) is 2.33. The van der Waals surface area contributed by atoms with Crippen LogP contribution in [0.3, 0.4) is 0 Å². The Morgan fingerprint density at radius 2 is 2.15 bits per heavy atom. The van der Waals surface area contributed by atoms with Gasteiger partial charge in [-0.15, -0.1) is 0 Å². The Morgan fingerprint density at radius 3 is 2.77 bits per heavy atom. The van der Waals surface area contributed by atoms with Crippen LogP contribution >= 0.6 is 0 Å². The lowest BCUT2D eigenvalue weighted by Crippen LogP contribution is -2.46. The molecule has 0 spiro atoms. The van der Waals surface area contributed by atoms with Gasteiger partial charge in [-0.2, -0.15) is 0 Å². The second-order valence-corrected chi connectivity index (χ2v) is 3.49. The summed E-state index contributed by atoms with van der Waals surface area (Å²) in [7, 11) is 1.66. The van der Waals surface area contributed by atoms with Crippen molar-refractivity contribution in [2.24, 2.45) is 0 Å². The summed E-state index contributed by atoms with van der Waals surface area (Å²) in [5, 5.41) is 12.9. The highest BCUT2D eigenvalue weighted by atomic mass is 16.5. The standard InChI is InChI=1S/C9H20N2O2/c1-13-7-2-9(12)8-11-5-3-10-4-6-11/h9-10,12H,2-8H2,1H3. The third kappa shape index (κ3) is 4.57. The largest absolute Gasteiger partial charge is 0.392 e. The normalized spacial score (nSPS) is 21.7. The van der Waals surface area contributed by atoms with Gasteiger partial charge in [0.1, 0.15) is 0 Å². The molecule has 1 atom stereocenters. The fraction of sp³-hybridized carbons (Fsp3) is 1.00. The van der Waals surface area contributed by atoms with E-state index >= 15 is 0 Å². The minimum atomic E-state index is -0.238. The highest BCUT2D eigenvalue weighted by Crippen LogP contribution is 1.98. The van der Waals surface area contributed by atoms with Gasteiger partial charge in [0.05, 0.1) is 6.10 Å². The van der Waals surface area contributed by atoms with Crippen LogP contribution in [0.2, 0.25) is 0 Å².